The molecule has 0 spiro atoms. The lowest BCUT2D eigenvalue weighted by atomic mass is 9.64. The first-order chi connectivity index (χ1) is 27.1. The molecule has 1 aromatic heterocycles. The highest BCUT2D eigenvalue weighted by molar-refractivity contribution is 6.15. The first-order valence-electron chi connectivity index (χ1n) is 19.2. The standard InChI is InChI=1S/C51H38N4/c1-51-45(25-14-26-46(51)43-22-10-12-28-49(43)55(51)36-16-3-2-4-17-36)40-21-9-8-19-38(40)37-18-6-7-20-39(37)41-23-13-24-42-44-31-34(32-52)29-30-48(44)54(50(41)42)47-27-11-5-15-35(47)33-53/h2-8,10-20,22-25,27-31,45-46H,9,21,26H2,1H3. The third-order valence-corrected chi connectivity index (χ3v) is 12.4. The van der Waals surface area contributed by atoms with Crippen molar-refractivity contribution < 1.29 is 0 Å². The summed E-state index contributed by atoms with van der Waals surface area (Å²) < 4.78 is 2.23. The second kappa shape index (κ2) is 12.9. The van der Waals surface area contributed by atoms with Crippen LogP contribution in [0.25, 0.3) is 44.2 Å². The summed E-state index contributed by atoms with van der Waals surface area (Å²) in [5, 5.41) is 22.3. The summed E-state index contributed by atoms with van der Waals surface area (Å²) >= 11 is 0. The molecule has 3 aliphatic rings. The van der Waals surface area contributed by atoms with Gasteiger partial charge in [0.2, 0.25) is 0 Å². The van der Waals surface area contributed by atoms with Crippen molar-refractivity contribution in [3.8, 4) is 29.0 Å². The van der Waals surface area contributed by atoms with Crippen molar-refractivity contribution in [1.82, 2.24) is 4.57 Å². The van der Waals surface area contributed by atoms with E-state index in [0.29, 0.717) is 17.0 Å². The van der Waals surface area contributed by atoms with Gasteiger partial charge in [0.15, 0.2) is 0 Å². The van der Waals surface area contributed by atoms with Crippen molar-refractivity contribution in [1.29, 1.82) is 10.5 Å². The fraction of sp³-hybridized carbons (Fsp3) is 0.137. The summed E-state index contributed by atoms with van der Waals surface area (Å²) in [6.07, 6.45) is 12.6. The number of fused-ring (bicyclic) bond motifs is 6. The van der Waals surface area contributed by atoms with E-state index in [9.17, 15) is 10.5 Å². The van der Waals surface area contributed by atoms with Crippen LogP contribution in [-0.2, 0) is 0 Å². The molecule has 262 valence electrons. The van der Waals surface area contributed by atoms with E-state index < -0.39 is 0 Å². The zero-order chi connectivity index (χ0) is 37.1. The highest BCUT2D eigenvalue weighted by Crippen LogP contribution is 2.60. The number of allylic oxidation sites excluding steroid dienone is 4. The zero-order valence-electron chi connectivity index (χ0n) is 30.7. The number of aromatic nitrogens is 1. The molecule has 10 rings (SSSR count). The third kappa shape index (κ3) is 4.89. The average molecular weight is 707 g/mol. The molecule has 0 saturated carbocycles. The van der Waals surface area contributed by atoms with Crippen LogP contribution in [-0.4, -0.2) is 10.1 Å². The SMILES string of the molecule is CC12C(C3=C(c4ccccc4-c4cccc5c6cc(C#N)ccc6n(-c6ccccc6C#N)c45)C=CCC3)C=CCC1c1ccccc1N2c1ccccc1. The van der Waals surface area contributed by atoms with Crippen LogP contribution in [0.1, 0.15) is 54.4 Å². The number of hydrogen-bond donors (Lipinski definition) is 0. The molecular weight excluding hydrogens is 669 g/mol. The molecule has 2 heterocycles. The molecule has 0 bridgehead atoms. The first-order valence-corrected chi connectivity index (χ1v) is 19.2. The number of nitriles is 2. The van der Waals surface area contributed by atoms with Crippen molar-refractivity contribution in [3.63, 3.8) is 0 Å². The summed E-state index contributed by atoms with van der Waals surface area (Å²) in [4.78, 5) is 2.64. The van der Waals surface area contributed by atoms with Crippen molar-refractivity contribution >= 4 is 38.8 Å². The lowest BCUT2D eigenvalue weighted by Crippen LogP contribution is -2.51. The van der Waals surface area contributed by atoms with Crippen LogP contribution < -0.4 is 4.90 Å². The largest absolute Gasteiger partial charge is 0.334 e. The molecule has 2 aliphatic carbocycles. The van der Waals surface area contributed by atoms with Crippen molar-refractivity contribution in [2.75, 3.05) is 4.90 Å². The van der Waals surface area contributed by atoms with Crippen LogP contribution in [0.3, 0.4) is 0 Å². The van der Waals surface area contributed by atoms with Crippen LogP contribution in [0.15, 0.2) is 169 Å². The third-order valence-electron chi connectivity index (χ3n) is 12.4. The summed E-state index contributed by atoms with van der Waals surface area (Å²) in [7, 11) is 0. The maximum absolute atomic E-state index is 10.3. The highest BCUT2D eigenvalue weighted by atomic mass is 15.2. The number of nitrogens with zero attached hydrogens (tertiary/aromatic N) is 4. The minimum atomic E-state index is -0.216. The van der Waals surface area contributed by atoms with Crippen LogP contribution in [0.2, 0.25) is 0 Å². The van der Waals surface area contributed by atoms with E-state index in [0.717, 1.165) is 57.9 Å². The fourth-order valence-corrected chi connectivity index (χ4v) is 10.0. The summed E-state index contributed by atoms with van der Waals surface area (Å²) in [6.45, 7) is 2.50. The van der Waals surface area contributed by atoms with Crippen molar-refractivity contribution in [2.24, 2.45) is 5.92 Å². The zero-order valence-corrected chi connectivity index (χ0v) is 30.7. The Bertz CT molecular complexity index is 2860. The van der Waals surface area contributed by atoms with Crippen LogP contribution >= 0.6 is 0 Å². The van der Waals surface area contributed by atoms with E-state index >= 15 is 0 Å². The second-order valence-electron chi connectivity index (χ2n) is 15.1. The van der Waals surface area contributed by atoms with Crippen LogP contribution in [0.5, 0.6) is 0 Å². The molecule has 4 nitrogen and oxygen atoms in total. The van der Waals surface area contributed by atoms with Crippen molar-refractivity contribution in [2.45, 2.75) is 37.6 Å². The number of rotatable bonds is 5. The molecule has 4 heteroatoms. The maximum atomic E-state index is 10.3. The van der Waals surface area contributed by atoms with Gasteiger partial charge in [0.05, 0.1) is 39.5 Å². The van der Waals surface area contributed by atoms with Gasteiger partial charge in [-0.05, 0) is 97.0 Å². The Balaban J connectivity index is 1.22. The van der Waals surface area contributed by atoms with E-state index in [1.807, 2.05) is 42.5 Å². The van der Waals surface area contributed by atoms with E-state index in [-0.39, 0.29) is 11.5 Å². The molecule has 0 radical (unpaired) electrons. The lowest BCUT2D eigenvalue weighted by Gasteiger charge is -2.49. The first kappa shape index (κ1) is 32.7. The molecular formula is C51H38N4. The maximum Gasteiger partial charge on any atom is 0.101 e. The molecule has 0 fully saturated rings. The van der Waals surface area contributed by atoms with E-state index in [1.54, 1.807) is 0 Å². The van der Waals surface area contributed by atoms with Gasteiger partial charge in [0.1, 0.15) is 6.07 Å². The van der Waals surface area contributed by atoms with E-state index in [2.05, 4.69) is 150 Å². The van der Waals surface area contributed by atoms with E-state index in [1.165, 1.54) is 33.6 Å². The average Bonchev–Trinajstić information content (AvgIpc) is 3.72. The lowest BCUT2D eigenvalue weighted by molar-refractivity contribution is 0.314. The van der Waals surface area contributed by atoms with E-state index in [4.69, 9.17) is 0 Å². The summed E-state index contributed by atoms with van der Waals surface area (Å²) in [5.41, 5.74) is 13.9. The molecule has 55 heavy (non-hydrogen) atoms. The number of benzene rings is 6. The van der Waals surface area contributed by atoms with Gasteiger partial charge in [0.25, 0.3) is 0 Å². The van der Waals surface area contributed by atoms with Crippen molar-refractivity contribution in [3.05, 3.63) is 192 Å². The Morgan fingerprint density at radius 1 is 0.673 bits per heavy atom. The molecule has 0 amide bonds. The molecule has 3 unspecified atom stereocenters. The topological polar surface area (TPSA) is 55.8 Å². The molecule has 0 N–H and O–H groups in total. The fourth-order valence-electron chi connectivity index (χ4n) is 10.0. The Labute approximate surface area is 321 Å². The van der Waals surface area contributed by atoms with Gasteiger partial charge in [0, 0.05) is 39.5 Å². The highest BCUT2D eigenvalue weighted by Gasteiger charge is 2.54. The molecule has 1 aliphatic heterocycles. The summed E-state index contributed by atoms with van der Waals surface area (Å²) in [6, 6.07) is 53.7. The Morgan fingerprint density at radius 2 is 1.42 bits per heavy atom. The van der Waals surface area contributed by atoms with Gasteiger partial charge in [-0.3, -0.25) is 0 Å². The molecule has 3 atom stereocenters. The Kier molecular flexibility index (Phi) is 7.68. The van der Waals surface area contributed by atoms with Gasteiger partial charge in [-0.25, -0.2) is 0 Å². The van der Waals surface area contributed by atoms with Gasteiger partial charge in [-0.1, -0.05) is 121 Å². The minimum Gasteiger partial charge on any atom is -0.334 e. The van der Waals surface area contributed by atoms with Crippen LogP contribution in [0.4, 0.5) is 11.4 Å². The number of anilines is 2. The Morgan fingerprint density at radius 3 is 2.25 bits per heavy atom. The van der Waals surface area contributed by atoms with Gasteiger partial charge in [-0.2, -0.15) is 10.5 Å². The summed E-state index contributed by atoms with van der Waals surface area (Å²) in [5.74, 6) is 0.512. The quantitative estimate of drug-likeness (QED) is 0.167. The number of para-hydroxylation sites is 4. The monoisotopic (exact) mass is 706 g/mol. The number of hydrogen-bond acceptors (Lipinski definition) is 3. The van der Waals surface area contributed by atoms with Gasteiger partial charge < -0.3 is 9.47 Å². The molecule has 0 saturated heterocycles. The van der Waals surface area contributed by atoms with Gasteiger partial charge >= 0.3 is 0 Å². The minimum absolute atomic E-state index is 0.168. The predicted molar refractivity (Wildman–Crippen MR) is 224 cm³/mol. The smallest absolute Gasteiger partial charge is 0.101 e. The Hall–Kier alpha value is -6.88. The molecule has 7 aromatic rings. The normalized spacial score (nSPS) is 20.0. The van der Waals surface area contributed by atoms with Crippen LogP contribution in [0, 0.1) is 28.6 Å². The second-order valence-corrected chi connectivity index (χ2v) is 15.1. The van der Waals surface area contributed by atoms with Gasteiger partial charge in [-0.15, -0.1) is 0 Å². The predicted octanol–water partition coefficient (Wildman–Crippen LogP) is 12.6. The molecule has 6 aromatic carbocycles.